The third kappa shape index (κ3) is 36.7. The molecule has 0 saturated heterocycles. The third-order valence-corrected chi connectivity index (χ3v) is 8.33. The van der Waals surface area contributed by atoms with Crippen molar-refractivity contribution in [2.75, 3.05) is 13.2 Å². The Morgan fingerprint density at radius 1 is 0.583 bits per heavy atom. The summed E-state index contributed by atoms with van der Waals surface area (Å²) in [6, 6.07) is 0. The number of unbranched alkanes of at least 4 members (excludes halogenated alkanes) is 16. The number of hydrogen-bond acceptors (Lipinski definition) is 6. The molecule has 0 aromatic heterocycles. The molecule has 0 heterocycles. The Morgan fingerprint density at radius 2 is 1.10 bits per heavy atom. The van der Waals surface area contributed by atoms with Crippen molar-refractivity contribution in [3.8, 4) is 0 Å². The highest BCUT2D eigenvalue weighted by molar-refractivity contribution is 5.69. The van der Waals surface area contributed by atoms with Crippen LogP contribution in [-0.2, 0) is 19.1 Å². The number of aliphatic hydroxyl groups is 2. The van der Waals surface area contributed by atoms with Crippen LogP contribution >= 0.6 is 0 Å². The predicted molar refractivity (Wildman–Crippen MR) is 202 cm³/mol. The normalized spacial score (nSPS) is 13.5. The Balaban J connectivity index is 3.59. The van der Waals surface area contributed by atoms with E-state index in [1.807, 2.05) is 30.4 Å². The molecule has 0 aliphatic heterocycles. The molecule has 0 amide bonds. The molecule has 0 bridgehead atoms. The second-order valence-electron chi connectivity index (χ2n) is 13.7. The highest BCUT2D eigenvalue weighted by atomic mass is 16.6. The summed E-state index contributed by atoms with van der Waals surface area (Å²) in [5, 5.41) is 20.0. The first kappa shape index (κ1) is 45.8. The van der Waals surface area contributed by atoms with Crippen LogP contribution in [0.25, 0.3) is 0 Å². The number of allylic oxidation sites excluding steroid dienone is 6. The van der Waals surface area contributed by atoms with Gasteiger partial charge in [-0.25, -0.2) is 0 Å². The first-order chi connectivity index (χ1) is 23.3. The SMILES string of the molecule is CCCCC/C=C\C[C@@H](O)/C=C/C=C\C/C=C\CCCC(=O)OC[C@H](O)COC(=O)CCCCCCCCCCCCCCCC(C)C. The molecule has 2 N–H and O–H groups in total. The van der Waals surface area contributed by atoms with E-state index in [4.69, 9.17) is 9.47 Å². The number of aliphatic hydroxyl groups excluding tert-OH is 2. The van der Waals surface area contributed by atoms with Crippen LogP contribution in [0.3, 0.4) is 0 Å². The van der Waals surface area contributed by atoms with Crippen LogP contribution in [0.1, 0.15) is 175 Å². The molecule has 0 aliphatic carbocycles. The van der Waals surface area contributed by atoms with Crippen LogP contribution in [0.15, 0.2) is 48.6 Å². The minimum atomic E-state index is -1.00. The van der Waals surface area contributed by atoms with E-state index in [0.29, 0.717) is 19.3 Å². The fourth-order valence-corrected chi connectivity index (χ4v) is 5.29. The van der Waals surface area contributed by atoms with E-state index < -0.39 is 12.2 Å². The van der Waals surface area contributed by atoms with Gasteiger partial charge in [-0.05, 0) is 50.9 Å². The lowest BCUT2D eigenvalue weighted by Gasteiger charge is -2.12. The quantitative estimate of drug-likeness (QED) is 0.0305. The lowest BCUT2D eigenvalue weighted by atomic mass is 10.0. The van der Waals surface area contributed by atoms with Gasteiger partial charge in [0.15, 0.2) is 0 Å². The Morgan fingerprint density at radius 3 is 1.69 bits per heavy atom. The number of carbonyl (C=O) groups excluding carboxylic acids is 2. The van der Waals surface area contributed by atoms with Crippen molar-refractivity contribution in [2.24, 2.45) is 5.92 Å². The summed E-state index contributed by atoms with van der Waals surface area (Å²) < 4.78 is 10.3. The Hall–Kier alpha value is -2.18. The number of esters is 2. The van der Waals surface area contributed by atoms with Gasteiger partial charge in [0.25, 0.3) is 0 Å². The van der Waals surface area contributed by atoms with Gasteiger partial charge in [-0.15, -0.1) is 0 Å². The number of rotatable bonds is 34. The smallest absolute Gasteiger partial charge is 0.305 e. The summed E-state index contributed by atoms with van der Waals surface area (Å²) >= 11 is 0. The Labute approximate surface area is 295 Å². The monoisotopic (exact) mass is 675 g/mol. The summed E-state index contributed by atoms with van der Waals surface area (Å²) in [7, 11) is 0. The molecule has 278 valence electrons. The van der Waals surface area contributed by atoms with Crippen LogP contribution in [0.4, 0.5) is 0 Å². The van der Waals surface area contributed by atoms with Gasteiger partial charge in [-0.3, -0.25) is 9.59 Å². The van der Waals surface area contributed by atoms with Gasteiger partial charge in [0.05, 0.1) is 6.10 Å². The lowest BCUT2D eigenvalue weighted by molar-refractivity contribution is -0.152. The molecule has 48 heavy (non-hydrogen) atoms. The first-order valence-corrected chi connectivity index (χ1v) is 19.7. The maximum atomic E-state index is 12.0. The maximum absolute atomic E-state index is 12.0. The molecule has 0 unspecified atom stereocenters. The summed E-state index contributed by atoms with van der Waals surface area (Å²) in [4.78, 5) is 23.9. The highest BCUT2D eigenvalue weighted by Crippen LogP contribution is 2.15. The van der Waals surface area contributed by atoms with Crippen molar-refractivity contribution in [3.63, 3.8) is 0 Å². The summed E-state index contributed by atoms with van der Waals surface area (Å²) in [6.07, 6.45) is 40.5. The average molecular weight is 675 g/mol. The fourth-order valence-electron chi connectivity index (χ4n) is 5.29. The molecule has 0 spiro atoms. The standard InChI is InChI=1S/C42H74O6/c1-4-5-6-7-22-27-32-39(43)33-28-23-18-15-16-20-25-30-35-42(46)48-37-40(44)36-47-41(45)34-29-24-19-14-12-10-8-9-11-13-17-21-26-31-38(2)3/h16,18,20,22-23,27-28,33,38-40,43-44H,4-15,17,19,21,24-26,29-32,34-37H2,1-3H3/b20-16-,23-18-,27-22-,33-28+/t39-,40-/m1/s1. The molecule has 6 heteroatoms. The van der Waals surface area contributed by atoms with E-state index in [2.05, 4.69) is 32.9 Å². The molecule has 0 aromatic rings. The molecule has 0 fully saturated rings. The Bertz CT molecular complexity index is 843. The van der Waals surface area contributed by atoms with Gasteiger partial charge in [0, 0.05) is 12.8 Å². The van der Waals surface area contributed by atoms with Crippen molar-refractivity contribution in [2.45, 2.75) is 187 Å². The summed E-state index contributed by atoms with van der Waals surface area (Å²) in [5.74, 6) is 0.174. The summed E-state index contributed by atoms with van der Waals surface area (Å²) in [5.41, 5.74) is 0. The summed E-state index contributed by atoms with van der Waals surface area (Å²) in [6.45, 7) is 6.49. The van der Waals surface area contributed by atoms with Crippen molar-refractivity contribution < 1.29 is 29.3 Å². The van der Waals surface area contributed by atoms with Crippen LogP contribution in [0.2, 0.25) is 0 Å². The van der Waals surface area contributed by atoms with E-state index in [1.54, 1.807) is 6.08 Å². The largest absolute Gasteiger partial charge is 0.463 e. The van der Waals surface area contributed by atoms with E-state index in [0.717, 1.165) is 44.4 Å². The van der Waals surface area contributed by atoms with E-state index >= 15 is 0 Å². The molecule has 0 aromatic carbocycles. The van der Waals surface area contributed by atoms with Gasteiger partial charge in [0.2, 0.25) is 0 Å². The fraction of sp³-hybridized carbons (Fsp3) is 0.762. The lowest BCUT2D eigenvalue weighted by Crippen LogP contribution is -2.25. The highest BCUT2D eigenvalue weighted by Gasteiger charge is 2.12. The van der Waals surface area contributed by atoms with Gasteiger partial charge < -0.3 is 19.7 Å². The van der Waals surface area contributed by atoms with Crippen molar-refractivity contribution in [1.29, 1.82) is 0 Å². The molecule has 0 aliphatic rings. The van der Waals surface area contributed by atoms with Gasteiger partial charge in [-0.2, -0.15) is 0 Å². The first-order valence-electron chi connectivity index (χ1n) is 19.7. The van der Waals surface area contributed by atoms with Gasteiger partial charge in [0.1, 0.15) is 19.3 Å². The predicted octanol–water partition coefficient (Wildman–Crippen LogP) is 11.1. The second-order valence-corrected chi connectivity index (χ2v) is 13.7. The minimum absolute atomic E-state index is 0.148. The van der Waals surface area contributed by atoms with Gasteiger partial charge in [-0.1, -0.05) is 166 Å². The molecular weight excluding hydrogens is 600 g/mol. The minimum Gasteiger partial charge on any atom is -0.463 e. The zero-order valence-electron chi connectivity index (χ0n) is 31.3. The van der Waals surface area contributed by atoms with E-state index in [1.165, 1.54) is 89.9 Å². The molecule has 0 saturated carbocycles. The number of carbonyl (C=O) groups is 2. The maximum Gasteiger partial charge on any atom is 0.305 e. The van der Waals surface area contributed by atoms with Crippen LogP contribution < -0.4 is 0 Å². The van der Waals surface area contributed by atoms with Crippen LogP contribution in [-0.4, -0.2) is 47.6 Å². The molecule has 0 rings (SSSR count). The van der Waals surface area contributed by atoms with Crippen LogP contribution in [0, 0.1) is 5.92 Å². The molecular formula is C42H74O6. The van der Waals surface area contributed by atoms with E-state index in [9.17, 15) is 19.8 Å². The second kappa shape index (κ2) is 36.1. The number of ether oxygens (including phenoxy) is 2. The zero-order valence-corrected chi connectivity index (χ0v) is 31.3. The van der Waals surface area contributed by atoms with Gasteiger partial charge >= 0.3 is 11.9 Å². The van der Waals surface area contributed by atoms with Crippen molar-refractivity contribution in [1.82, 2.24) is 0 Å². The zero-order chi connectivity index (χ0) is 35.3. The third-order valence-electron chi connectivity index (χ3n) is 8.33. The van der Waals surface area contributed by atoms with E-state index in [-0.39, 0.29) is 31.6 Å². The molecule has 2 atom stereocenters. The van der Waals surface area contributed by atoms with Crippen LogP contribution in [0.5, 0.6) is 0 Å². The molecule has 0 radical (unpaired) electrons. The topological polar surface area (TPSA) is 93.1 Å². The number of hydrogen-bond donors (Lipinski definition) is 2. The van der Waals surface area contributed by atoms with Crippen molar-refractivity contribution in [3.05, 3.63) is 48.6 Å². The average Bonchev–Trinajstić information content (AvgIpc) is 3.06. The molecule has 6 nitrogen and oxygen atoms in total. The Kier molecular flexibility index (Phi) is 34.5. The van der Waals surface area contributed by atoms with Crippen molar-refractivity contribution >= 4 is 11.9 Å².